The number of H-pyrrole nitrogens is 1. The zero-order valence-electron chi connectivity index (χ0n) is 7.28. The minimum absolute atomic E-state index is 0.104. The van der Waals surface area contributed by atoms with E-state index in [0.29, 0.717) is 5.39 Å². The minimum Gasteiger partial charge on any atom is -0.471 e. The van der Waals surface area contributed by atoms with Gasteiger partial charge in [0.25, 0.3) is 5.56 Å². The van der Waals surface area contributed by atoms with Crippen molar-refractivity contribution in [2.75, 3.05) is 0 Å². The summed E-state index contributed by atoms with van der Waals surface area (Å²) < 4.78 is 5.03. The van der Waals surface area contributed by atoms with E-state index in [1.807, 2.05) is 24.3 Å². The molecule has 2 aromatic heterocycles. The first kappa shape index (κ1) is 7.38. The summed E-state index contributed by atoms with van der Waals surface area (Å²) in [5.41, 5.74) is 0.735. The molecule has 0 spiro atoms. The molecule has 3 heteroatoms. The predicted molar refractivity (Wildman–Crippen MR) is 54.3 cm³/mol. The molecule has 0 aliphatic heterocycles. The van der Waals surface area contributed by atoms with Gasteiger partial charge in [0.15, 0.2) is 0 Å². The Morgan fingerprint density at radius 1 is 1.00 bits per heavy atom. The molecule has 3 rings (SSSR count). The van der Waals surface area contributed by atoms with Crippen LogP contribution in [0.1, 0.15) is 0 Å². The van der Waals surface area contributed by atoms with Crippen LogP contribution in [0, 0.1) is 0 Å². The van der Waals surface area contributed by atoms with Gasteiger partial charge >= 0.3 is 0 Å². The third kappa shape index (κ3) is 0.836. The lowest BCUT2D eigenvalue weighted by Crippen LogP contribution is -2.04. The summed E-state index contributed by atoms with van der Waals surface area (Å²) in [5, 5.41) is 2.48. The van der Waals surface area contributed by atoms with Crippen molar-refractivity contribution in [1.82, 2.24) is 4.98 Å². The summed E-state index contributed by atoms with van der Waals surface area (Å²) >= 11 is 0. The quantitative estimate of drug-likeness (QED) is 0.584. The molecule has 1 aromatic carbocycles. The van der Waals surface area contributed by atoms with Gasteiger partial charge < -0.3 is 9.40 Å². The third-order valence-electron chi connectivity index (χ3n) is 2.37. The van der Waals surface area contributed by atoms with Crippen molar-refractivity contribution in [2.45, 2.75) is 0 Å². The molecule has 14 heavy (non-hydrogen) atoms. The van der Waals surface area contributed by atoms with Crippen LogP contribution in [-0.2, 0) is 0 Å². The first-order valence-electron chi connectivity index (χ1n) is 4.33. The van der Waals surface area contributed by atoms with E-state index in [-0.39, 0.29) is 5.56 Å². The Balaban J connectivity index is 2.73. The van der Waals surface area contributed by atoms with Crippen molar-refractivity contribution in [1.29, 1.82) is 0 Å². The second kappa shape index (κ2) is 2.48. The zero-order chi connectivity index (χ0) is 9.54. The van der Waals surface area contributed by atoms with Gasteiger partial charge in [0, 0.05) is 16.3 Å². The highest BCUT2D eigenvalue weighted by Crippen LogP contribution is 2.20. The van der Waals surface area contributed by atoms with Gasteiger partial charge in [0.05, 0.1) is 11.6 Å². The molecule has 68 valence electrons. The van der Waals surface area contributed by atoms with E-state index < -0.39 is 0 Å². The second-order valence-corrected chi connectivity index (χ2v) is 3.20. The number of nitrogens with one attached hydrogen (secondary N) is 1. The maximum Gasteiger partial charge on any atom is 0.259 e. The van der Waals surface area contributed by atoms with Crippen LogP contribution in [-0.4, -0.2) is 4.98 Å². The molecule has 1 N–H and O–H groups in total. The number of hydrogen-bond acceptors (Lipinski definition) is 2. The Morgan fingerprint density at radius 2 is 1.79 bits per heavy atom. The standard InChI is InChI=1S/C11H7NO2/c13-11-9-6-14-5-8(9)7-3-1-2-4-10(7)12-11/h1-6H,(H,12,13). The fraction of sp³-hybridized carbons (Fsp3) is 0. The Hall–Kier alpha value is -2.03. The first-order chi connectivity index (χ1) is 6.86. The fourth-order valence-electron chi connectivity index (χ4n) is 1.70. The van der Waals surface area contributed by atoms with E-state index in [9.17, 15) is 4.79 Å². The van der Waals surface area contributed by atoms with Gasteiger partial charge in [-0.05, 0) is 6.07 Å². The number of aromatic amines is 1. The lowest BCUT2D eigenvalue weighted by Gasteiger charge is -1.96. The Morgan fingerprint density at radius 3 is 2.71 bits per heavy atom. The van der Waals surface area contributed by atoms with Crippen LogP contribution in [0.4, 0.5) is 0 Å². The van der Waals surface area contributed by atoms with Gasteiger partial charge in [0.2, 0.25) is 0 Å². The summed E-state index contributed by atoms with van der Waals surface area (Å²) in [5.74, 6) is 0. The molecule has 0 radical (unpaired) electrons. The van der Waals surface area contributed by atoms with Crippen molar-refractivity contribution in [3.63, 3.8) is 0 Å². The second-order valence-electron chi connectivity index (χ2n) is 3.20. The maximum absolute atomic E-state index is 11.5. The van der Waals surface area contributed by atoms with Gasteiger partial charge in [0.1, 0.15) is 6.26 Å². The van der Waals surface area contributed by atoms with Crippen molar-refractivity contribution in [3.05, 3.63) is 47.1 Å². The maximum atomic E-state index is 11.5. The number of benzene rings is 1. The summed E-state index contributed by atoms with van der Waals surface area (Å²) in [6.45, 7) is 0. The molecule has 2 heterocycles. The lowest BCUT2D eigenvalue weighted by molar-refractivity contribution is 0.572. The molecule has 3 nitrogen and oxygen atoms in total. The van der Waals surface area contributed by atoms with Crippen LogP contribution < -0.4 is 5.56 Å². The largest absolute Gasteiger partial charge is 0.471 e. The number of hydrogen-bond donors (Lipinski definition) is 1. The normalized spacial score (nSPS) is 11.1. The van der Waals surface area contributed by atoms with Crippen LogP contribution in [0.25, 0.3) is 21.7 Å². The molecule has 0 fully saturated rings. The Kier molecular flexibility index (Phi) is 1.31. The average molecular weight is 185 g/mol. The number of aromatic nitrogens is 1. The molecule has 0 aliphatic carbocycles. The minimum atomic E-state index is -0.104. The SMILES string of the molecule is O=c1[nH]c2ccccc2c2cocc12. The van der Waals surface area contributed by atoms with Gasteiger partial charge in [-0.1, -0.05) is 18.2 Å². The summed E-state index contributed by atoms with van der Waals surface area (Å²) in [4.78, 5) is 14.3. The molecular weight excluding hydrogens is 178 g/mol. The molecule has 0 unspecified atom stereocenters. The molecule has 0 atom stereocenters. The van der Waals surface area contributed by atoms with Crippen molar-refractivity contribution >= 4 is 21.7 Å². The molecule has 0 amide bonds. The summed E-state index contributed by atoms with van der Waals surface area (Å²) in [6, 6.07) is 7.67. The van der Waals surface area contributed by atoms with E-state index in [0.717, 1.165) is 16.3 Å². The number of fused-ring (bicyclic) bond motifs is 3. The Bertz CT molecular complexity index is 663. The van der Waals surface area contributed by atoms with Crippen LogP contribution in [0.5, 0.6) is 0 Å². The highest BCUT2D eigenvalue weighted by molar-refractivity contribution is 6.04. The van der Waals surface area contributed by atoms with Crippen molar-refractivity contribution in [3.8, 4) is 0 Å². The molecular formula is C11H7NO2. The molecule has 0 aliphatic rings. The number of pyridine rings is 1. The van der Waals surface area contributed by atoms with Gasteiger partial charge in [-0.2, -0.15) is 0 Å². The monoisotopic (exact) mass is 185 g/mol. The number of para-hydroxylation sites is 1. The van der Waals surface area contributed by atoms with E-state index in [4.69, 9.17) is 4.42 Å². The zero-order valence-corrected chi connectivity index (χ0v) is 7.28. The molecule has 0 bridgehead atoms. The molecule has 0 saturated carbocycles. The van der Waals surface area contributed by atoms with Crippen LogP contribution in [0.2, 0.25) is 0 Å². The van der Waals surface area contributed by atoms with E-state index in [2.05, 4.69) is 4.98 Å². The molecule has 0 saturated heterocycles. The lowest BCUT2D eigenvalue weighted by atomic mass is 10.1. The summed E-state index contributed by atoms with van der Waals surface area (Å²) in [7, 11) is 0. The van der Waals surface area contributed by atoms with Crippen molar-refractivity contribution in [2.24, 2.45) is 0 Å². The van der Waals surface area contributed by atoms with Crippen LogP contribution >= 0.6 is 0 Å². The fourth-order valence-corrected chi connectivity index (χ4v) is 1.70. The number of rotatable bonds is 0. The van der Waals surface area contributed by atoms with Crippen LogP contribution in [0.15, 0.2) is 46.0 Å². The third-order valence-corrected chi connectivity index (χ3v) is 2.37. The van der Waals surface area contributed by atoms with E-state index >= 15 is 0 Å². The van der Waals surface area contributed by atoms with Crippen molar-refractivity contribution < 1.29 is 4.42 Å². The topological polar surface area (TPSA) is 46.0 Å². The van der Waals surface area contributed by atoms with E-state index in [1.165, 1.54) is 6.26 Å². The predicted octanol–water partition coefficient (Wildman–Crippen LogP) is 2.27. The first-order valence-corrected chi connectivity index (χ1v) is 4.33. The van der Waals surface area contributed by atoms with Gasteiger partial charge in [-0.25, -0.2) is 0 Å². The van der Waals surface area contributed by atoms with Crippen LogP contribution in [0.3, 0.4) is 0 Å². The average Bonchev–Trinajstić information content (AvgIpc) is 2.67. The smallest absolute Gasteiger partial charge is 0.259 e. The summed E-state index contributed by atoms with van der Waals surface area (Å²) in [6.07, 6.45) is 3.08. The highest BCUT2D eigenvalue weighted by Gasteiger charge is 2.05. The van der Waals surface area contributed by atoms with E-state index in [1.54, 1.807) is 6.26 Å². The number of furan rings is 1. The Labute approximate surface area is 79.0 Å². The van der Waals surface area contributed by atoms with Gasteiger partial charge in [-0.3, -0.25) is 4.79 Å². The highest BCUT2D eigenvalue weighted by atomic mass is 16.3. The van der Waals surface area contributed by atoms with Gasteiger partial charge in [-0.15, -0.1) is 0 Å². The molecule has 3 aromatic rings.